The zero-order chi connectivity index (χ0) is 15.4. The highest BCUT2D eigenvalue weighted by molar-refractivity contribution is 6.33. The van der Waals surface area contributed by atoms with E-state index in [9.17, 15) is 14.0 Å². The number of halogens is 1. The number of hydrogen-bond donors (Lipinski definition) is 0. The average Bonchev–Trinajstić information content (AvgIpc) is 2.47. The fourth-order valence-electron chi connectivity index (χ4n) is 2.15. The predicted octanol–water partition coefficient (Wildman–Crippen LogP) is 1.28. The first-order chi connectivity index (χ1) is 10.0. The molecular weight excluding hydrogens is 272 g/mol. The van der Waals surface area contributed by atoms with Gasteiger partial charge in [-0.25, -0.2) is 4.39 Å². The van der Waals surface area contributed by atoms with Gasteiger partial charge < -0.3 is 9.30 Å². The van der Waals surface area contributed by atoms with Crippen LogP contribution in [-0.2, 0) is 16.1 Å². The number of nitrogens with zero attached hydrogens (tertiary/aromatic N) is 1. The van der Waals surface area contributed by atoms with Gasteiger partial charge in [0.1, 0.15) is 13.7 Å². The fourth-order valence-corrected chi connectivity index (χ4v) is 2.15. The first kappa shape index (κ1) is 15.3. The third-order valence-electron chi connectivity index (χ3n) is 3.35. The zero-order valence-corrected chi connectivity index (χ0v) is 11.8. The number of methoxy groups -OCH3 is 1. The van der Waals surface area contributed by atoms with Crippen LogP contribution in [0.25, 0.3) is 10.8 Å². The van der Waals surface area contributed by atoms with Crippen LogP contribution in [0.15, 0.2) is 29.2 Å². The fraction of sp³-hybridized carbons (Fsp3) is 0.333. The van der Waals surface area contributed by atoms with Crippen molar-refractivity contribution in [1.82, 2.24) is 4.57 Å². The van der Waals surface area contributed by atoms with Crippen molar-refractivity contribution in [2.45, 2.75) is 25.8 Å². The molecule has 0 saturated carbocycles. The predicted molar refractivity (Wildman–Crippen MR) is 79.4 cm³/mol. The molecule has 0 aliphatic rings. The van der Waals surface area contributed by atoms with E-state index in [2.05, 4.69) is 4.74 Å². The van der Waals surface area contributed by atoms with Crippen LogP contribution in [0.4, 0.5) is 4.39 Å². The van der Waals surface area contributed by atoms with Crippen molar-refractivity contribution in [3.05, 3.63) is 40.6 Å². The Kier molecular flexibility index (Phi) is 4.78. The Balaban J connectivity index is 2.15. The number of carbonyl (C=O) groups excluding carboxylic acids is 1. The SMILES string of the molecule is [B]c1cc2ccn(CCCCC(=O)OC)c(=O)c2cc1F. The van der Waals surface area contributed by atoms with Gasteiger partial charge in [-0.05, 0) is 30.4 Å². The Morgan fingerprint density at radius 1 is 1.38 bits per heavy atom. The molecule has 0 amide bonds. The van der Waals surface area contributed by atoms with Gasteiger partial charge in [-0.2, -0.15) is 0 Å². The summed E-state index contributed by atoms with van der Waals surface area (Å²) in [6.07, 6.45) is 3.27. The van der Waals surface area contributed by atoms with Crippen LogP contribution in [0.2, 0.25) is 0 Å². The van der Waals surface area contributed by atoms with Crippen molar-refractivity contribution in [2.75, 3.05) is 7.11 Å². The summed E-state index contributed by atoms with van der Waals surface area (Å²) in [6, 6.07) is 4.35. The van der Waals surface area contributed by atoms with E-state index in [0.717, 1.165) is 6.07 Å². The lowest BCUT2D eigenvalue weighted by Gasteiger charge is -2.08. The van der Waals surface area contributed by atoms with Gasteiger partial charge in [0.25, 0.3) is 5.56 Å². The van der Waals surface area contributed by atoms with E-state index in [-0.39, 0.29) is 17.0 Å². The molecule has 0 bridgehead atoms. The number of benzene rings is 1. The number of aromatic nitrogens is 1. The molecule has 0 spiro atoms. The first-order valence-corrected chi connectivity index (χ1v) is 6.68. The molecule has 0 aliphatic heterocycles. The van der Waals surface area contributed by atoms with Crippen molar-refractivity contribution in [3.63, 3.8) is 0 Å². The summed E-state index contributed by atoms with van der Waals surface area (Å²) in [4.78, 5) is 23.2. The zero-order valence-electron chi connectivity index (χ0n) is 11.8. The Labute approximate surface area is 122 Å². The number of hydrogen-bond acceptors (Lipinski definition) is 3. The quantitative estimate of drug-likeness (QED) is 0.473. The van der Waals surface area contributed by atoms with Crippen LogP contribution in [0.5, 0.6) is 0 Å². The van der Waals surface area contributed by atoms with Crippen LogP contribution < -0.4 is 11.0 Å². The van der Waals surface area contributed by atoms with E-state index in [0.29, 0.717) is 36.6 Å². The van der Waals surface area contributed by atoms with Gasteiger partial charge in [0.05, 0.1) is 12.5 Å². The van der Waals surface area contributed by atoms with Crippen LogP contribution in [-0.4, -0.2) is 25.5 Å². The lowest BCUT2D eigenvalue weighted by Crippen LogP contribution is -2.21. The Morgan fingerprint density at radius 2 is 2.14 bits per heavy atom. The van der Waals surface area contributed by atoms with E-state index in [1.165, 1.54) is 17.7 Å². The van der Waals surface area contributed by atoms with Gasteiger partial charge in [0.15, 0.2) is 0 Å². The number of rotatable bonds is 5. The number of aryl methyl sites for hydroxylation is 1. The Morgan fingerprint density at radius 3 is 2.86 bits per heavy atom. The molecule has 108 valence electrons. The second kappa shape index (κ2) is 6.56. The summed E-state index contributed by atoms with van der Waals surface area (Å²) in [7, 11) is 6.83. The summed E-state index contributed by atoms with van der Waals surface area (Å²) in [5.74, 6) is -0.860. The van der Waals surface area contributed by atoms with Crippen molar-refractivity contribution < 1.29 is 13.9 Å². The molecule has 0 aliphatic carbocycles. The third kappa shape index (κ3) is 3.51. The van der Waals surface area contributed by atoms with Gasteiger partial charge >= 0.3 is 5.97 Å². The van der Waals surface area contributed by atoms with E-state index < -0.39 is 5.82 Å². The summed E-state index contributed by atoms with van der Waals surface area (Å²) in [5, 5.41) is 0.918. The molecule has 0 N–H and O–H groups in total. The number of esters is 1. The minimum atomic E-state index is -0.594. The van der Waals surface area contributed by atoms with E-state index in [1.807, 2.05) is 0 Å². The van der Waals surface area contributed by atoms with Crippen molar-refractivity contribution >= 4 is 30.1 Å². The topological polar surface area (TPSA) is 48.3 Å². The summed E-state index contributed by atoms with van der Waals surface area (Å²) >= 11 is 0. The highest BCUT2D eigenvalue weighted by Gasteiger charge is 2.07. The second-order valence-corrected chi connectivity index (χ2v) is 4.81. The first-order valence-electron chi connectivity index (χ1n) is 6.68. The van der Waals surface area contributed by atoms with Gasteiger partial charge in [-0.3, -0.25) is 9.59 Å². The van der Waals surface area contributed by atoms with Crippen molar-refractivity contribution in [1.29, 1.82) is 0 Å². The number of fused-ring (bicyclic) bond motifs is 1. The molecule has 0 saturated heterocycles. The van der Waals surface area contributed by atoms with Crippen molar-refractivity contribution in [3.8, 4) is 0 Å². The minimum Gasteiger partial charge on any atom is -0.469 e. The standard InChI is InChI=1S/C15H15BFNO3/c1-21-14(19)4-2-3-6-18-7-5-10-8-12(16)13(17)9-11(10)15(18)20/h5,7-9H,2-4,6H2,1H3. The van der Waals surface area contributed by atoms with E-state index in [4.69, 9.17) is 7.85 Å². The van der Waals surface area contributed by atoms with E-state index >= 15 is 0 Å². The van der Waals surface area contributed by atoms with Gasteiger partial charge in [-0.1, -0.05) is 11.5 Å². The maximum absolute atomic E-state index is 13.5. The Bertz CT molecular complexity index is 727. The highest BCUT2D eigenvalue weighted by Crippen LogP contribution is 2.10. The maximum Gasteiger partial charge on any atom is 0.305 e. The normalized spacial score (nSPS) is 10.8. The molecule has 1 aromatic carbocycles. The molecule has 2 aromatic rings. The summed E-state index contributed by atoms with van der Waals surface area (Å²) < 4.78 is 19.5. The molecule has 1 aromatic heterocycles. The third-order valence-corrected chi connectivity index (χ3v) is 3.35. The maximum atomic E-state index is 13.5. The average molecular weight is 287 g/mol. The number of pyridine rings is 1. The Hall–Kier alpha value is -2.11. The molecule has 1 heterocycles. The number of ether oxygens (including phenoxy) is 1. The molecule has 6 heteroatoms. The number of carbonyl (C=O) groups is 1. The molecule has 0 atom stereocenters. The summed E-state index contributed by atoms with van der Waals surface area (Å²) in [6.45, 7) is 0.470. The molecule has 21 heavy (non-hydrogen) atoms. The minimum absolute atomic E-state index is 0.0257. The largest absolute Gasteiger partial charge is 0.469 e. The van der Waals surface area contributed by atoms with Gasteiger partial charge in [0, 0.05) is 19.2 Å². The van der Waals surface area contributed by atoms with Gasteiger partial charge in [-0.15, -0.1) is 0 Å². The van der Waals surface area contributed by atoms with Crippen LogP contribution in [0.3, 0.4) is 0 Å². The second-order valence-electron chi connectivity index (χ2n) is 4.81. The van der Waals surface area contributed by atoms with Crippen LogP contribution in [0.1, 0.15) is 19.3 Å². The molecule has 0 unspecified atom stereocenters. The summed E-state index contributed by atoms with van der Waals surface area (Å²) in [5.41, 5.74) is -0.234. The lowest BCUT2D eigenvalue weighted by molar-refractivity contribution is -0.140. The molecule has 0 fully saturated rings. The highest BCUT2D eigenvalue weighted by atomic mass is 19.1. The molecule has 2 rings (SSSR count). The van der Waals surface area contributed by atoms with Crippen LogP contribution in [0, 0.1) is 5.82 Å². The smallest absolute Gasteiger partial charge is 0.305 e. The van der Waals surface area contributed by atoms with Gasteiger partial charge in [0.2, 0.25) is 0 Å². The molecular formula is C15H15BFNO3. The molecule has 2 radical (unpaired) electrons. The lowest BCUT2D eigenvalue weighted by atomic mass is 9.93. The molecule has 4 nitrogen and oxygen atoms in total. The number of unbranched alkanes of at least 4 members (excludes halogenated alkanes) is 1. The van der Waals surface area contributed by atoms with Crippen molar-refractivity contribution in [2.24, 2.45) is 0 Å². The van der Waals surface area contributed by atoms with E-state index in [1.54, 1.807) is 12.3 Å². The van der Waals surface area contributed by atoms with Crippen LogP contribution >= 0.6 is 0 Å². The monoisotopic (exact) mass is 287 g/mol.